The molecule has 90 valence electrons. The van der Waals surface area contributed by atoms with Crippen molar-refractivity contribution in [3.05, 3.63) is 33.9 Å². The first-order valence-corrected chi connectivity index (χ1v) is 5.36. The van der Waals surface area contributed by atoms with Crippen molar-refractivity contribution in [3.63, 3.8) is 0 Å². The van der Waals surface area contributed by atoms with Crippen LogP contribution in [0.2, 0.25) is 0 Å². The molecule has 0 bridgehead atoms. The van der Waals surface area contributed by atoms with E-state index < -0.39 is 4.92 Å². The number of carbonyl (C=O) groups is 1. The van der Waals surface area contributed by atoms with E-state index in [1.807, 2.05) is 6.92 Å². The molecule has 2 N–H and O–H groups in total. The monoisotopic (exact) mass is 235 g/mol. The van der Waals surface area contributed by atoms with Crippen LogP contribution < -0.4 is 10.6 Å². The summed E-state index contributed by atoms with van der Waals surface area (Å²) in [6.45, 7) is 2.00. The number of carbonyl (C=O) groups excluding carboxylic acids is 1. The highest BCUT2D eigenvalue weighted by molar-refractivity contribution is 5.61. The molecule has 0 radical (unpaired) electrons. The largest absolute Gasteiger partial charge is 0.382 e. The Balaban J connectivity index is 2.41. The van der Waals surface area contributed by atoms with E-state index in [2.05, 4.69) is 10.6 Å². The second-order valence-corrected chi connectivity index (χ2v) is 4.15. The average molecular weight is 235 g/mol. The van der Waals surface area contributed by atoms with Gasteiger partial charge in [0.05, 0.1) is 11.0 Å². The Hall–Kier alpha value is -2.11. The molecule has 1 aliphatic rings. The lowest BCUT2D eigenvalue weighted by molar-refractivity contribution is -0.384. The smallest absolute Gasteiger partial charge is 0.269 e. The fourth-order valence-corrected chi connectivity index (χ4v) is 2.13. The zero-order valence-electron chi connectivity index (χ0n) is 9.34. The summed E-state index contributed by atoms with van der Waals surface area (Å²) in [5.41, 5.74) is 1.65. The number of fused-ring (bicyclic) bond motifs is 1. The maximum atomic E-state index is 10.7. The molecule has 0 saturated carbocycles. The van der Waals surface area contributed by atoms with Crippen molar-refractivity contribution in [1.29, 1.82) is 0 Å². The molecule has 0 aliphatic carbocycles. The minimum absolute atomic E-state index is 0.0396. The highest BCUT2D eigenvalue weighted by Gasteiger charge is 2.25. The quantitative estimate of drug-likeness (QED) is 0.473. The molecular weight excluding hydrogens is 222 g/mol. The molecule has 1 aromatic rings. The Labute approximate surface area is 98.2 Å². The summed E-state index contributed by atoms with van der Waals surface area (Å²) in [4.78, 5) is 20.8. The van der Waals surface area contributed by atoms with Crippen LogP contribution in [0.1, 0.15) is 24.9 Å². The van der Waals surface area contributed by atoms with Crippen LogP contribution in [0, 0.1) is 10.1 Å². The number of hydrogen-bond acceptors (Lipinski definition) is 4. The number of amides is 1. The van der Waals surface area contributed by atoms with E-state index in [1.165, 1.54) is 12.1 Å². The Morgan fingerprint density at radius 3 is 3.00 bits per heavy atom. The third-order valence-corrected chi connectivity index (χ3v) is 2.88. The van der Waals surface area contributed by atoms with E-state index in [9.17, 15) is 14.9 Å². The van der Waals surface area contributed by atoms with Crippen LogP contribution >= 0.6 is 0 Å². The van der Waals surface area contributed by atoms with Crippen molar-refractivity contribution in [2.24, 2.45) is 0 Å². The predicted octanol–water partition coefficient (Wildman–Crippen LogP) is 1.59. The van der Waals surface area contributed by atoms with E-state index >= 15 is 0 Å². The maximum absolute atomic E-state index is 10.7. The van der Waals surface area contributed by atoms with Gasteiger partial charge < -0.3 is 10.6 Å². The number of nitrogens with one attached hydrogen (secondary N) is 2. The van der Waals surface area contributed by atoms with Crippen molar-refractivity contribution in [2.75, 3.05) is 5.32 Å². The highest BCUT2D eigenvalue weighted by atomic mass is 16.6. The standard InChI is InChI=1S/C11H13N3O3/c1-7-4-11(12-6-15)9-5-8(14(16)17)2-3-10(9)13-7/h2-3,5-7,11,13H,4H2,1H3,(H,12,15). The van der Waals surface area contributed by atoms with Gasteiger partial charge in [0.25, 0.3) is 5.69 Å². The summed E-state index contributed by atoms with van der Waals surface area (Å²) in [6, 6.07) is 4.71. The van der Waals surface area contributed by atoms with Gasteiger partial charge in [0.2, 0.25) is 6.41 Å². The first-order chi connectivity index (χ1) is 8.11. The lowest BCUT2D eigenvalue weighted by atomic mass is 9.93. The van der Waals surface area contributed by atoms with E-state index in [0.717, 1.165) is 11.3 Å². The molecule has 1 aliphatic heterocycles. The molecule has 17 heavy (non-hydrogen) atoms. The second-order valence-electron chi connectivity index (χ2n) is 4.15. The predicted molar refractivity (Wildman–Crippen MR) is 62.7 cm³/mol. The van der Waals surface area contributed by atoms with Crippen LogP contribution in [0.25, 0.3) is 0 Å². The van der Waals surface area contributed by atoms with Gasteiger partial charge in [-0.15, -0.1) is 0 Å². The fourth-order valence-electron chi connectivity index (χ4n) is 2.13. The van der Waals surface area contributed by atoms with Gasteiger partial charge in [-0.2, -0.15) is 0 Å². The van der Waals surface area contributed by atoms with Gasteiger partial charge in [-0.05, 0) is 19.4 Å². The van der Waals surface area contributed by atoms with Crippen LogP contribution in [0.15, 0.2) is 18.2 Å². The van der Waals surface area contributed by atoms with Gasteiger partial charge in [-0.1, -0.05) is 0 Å². The van der Waals surface area contributed by atoms with Crippen LogP contribution in [0.3, 0.4) is 0 Å². The molecule has 1 heterocycles. The van der Waals surface area contributed by atoms with Gasteiger partial charge >= 0.3 is 0 Å². The highest BCUT2D eigenvalue weighted by Crippen LogP contribution is 2.34. The summed E-state index contributed by atoms with van der Waals surface area (Å²) < 4.78 is 0. The van der Waals surface area contributed by atoms with Crippen molar-refractivity contribution < 1.29 is 9.72 Å². The zero-order valence-corrected chi connectivity index (χ0v) is 9.34. The summed E-state index contributed by atoms with van der Waals surface area (Å²) in [5, 5.41) is 16.6. The number of rotatable bonds is 3. The van der Waals surface area contributed by atoms with E-state index in [4.69, 9.17) is 0 Å². The molecule has 0 saturated heterocycles. The minimum atomic E-state index is -0.434. The number of benzene rings is 1. The van der Waals surface area contributed by atoms with Crippen LogP contribution in [0.5, 0.6) is 0 Å². The van der Waals surface area contributed by atoms with E-state index in [0.29, 0.717) is 12.8 Å². The molecule has 0 fully saturated rings. The molecule has 0 aromatic heterocycles. The Morgan fingerprint density at radius 2 is 2.35 bits per heavy atom. The lowest BCUT2D eigenvalue weighted by Crippen LogP contribution is -2.32. The molecule has 2 atom stereocenters. The zero-order chi connectivity index (χ0) is 12.4. The van der Waals surface area contributed by atoms with Gasteiger partial charge in [-0.3, -0.25) is 14.9 Å². The molecule has 0 spiro atoms. The lowest BCUT2D eigenvalue weighted by Gasteiger charge is -2.30. The molecule has 2 unspecified atom stereocenters. The van der Waals surface area contributed by atoms with Gasteiger partial charge in [-0.25, -0.2) is 0 Å². The molecule has 2 rings (SSSR count). The summed E-state index contributed by atoms with van der Waals surface area (Å²) in [6.07, 6.45) is 1.35. The first kappa shape index (κ1) is 11.4. The average Bonchev–Trinajstić information content (AvgIpc) is 2.28. The second kappa shape index (κ2) is 4.40. The summed E-state index contributed by atoms with van der Waals surface area (Å²) in [5.74, 6) is 0. The van der Waals surface area contributed by atoms with Crippen molar-refractivity contribution in [1.82, 2.24) is 5.32 Å². The number of non-ortho nitro benzene ring substituents is 1. The summed E-state index contributed by atoms with van der Waals surface area (Å²) >= 11 is 0. The van der Waals surface area contributed by atoms with E-state index in [-0.39, 0.29) is 17.8 Å². The van der Waals surface area contributed by atoms with Gasteiger partial charge in [0.15, 0.2) is 0 Å². The topological polar surface area (TPSA) is 84.3 Å². The van der Waals surface area contributed by atoms with Crippen LogP contribution in [-0.2, 0) is 4.79 Å². The Kier molecular flexibility index (Phi) is 2.95. The number of hydrogen-bond donors (Lipinski definition) is 2. The first-order valence-electron chi connectivity index (χ1n) is 5.36. The number of nitrogens with zero attached hydrogens (tertiary/aromatic N) is 1. The maximum Gasteiger partial charge on any atom is 0.269 e. The molecule has 6 nitrogen and oxygen atoms in total. The van der Waals surface area contributed by atoms with Crippen molar-refractivity contribution >= 4 is 17.8 Å². The normalized spacial score (nSPS) is 22.2. The van der Waals surface area contributed by atoms with Crippen molar-refractivity contribution in [3.8, 4) is 0 Å². The summed E-state index contributed by atoms with van der Waals surface area (Å²) in [7, 11) is 0. The minimum Gasteiger partial charge on any atom is -0.382 e. The van der Waals surface area contributed by atoms with Gasteiger partial charge in [0.1, 0.15) is 0 Å². The third-order valence-electron chi connectivity index (χ3n) is 2.88. The Morgan fingerprint density at radius 1 is 1.59 bits per heavy atom. The Bertz CT molecular complexity index is 461. The van der Waals surface area contributed by atoms with Gasteiger partial charge in [0, 0.05) is 29.4 Å². The molecular formula is C11H13N3O3. The fraction of sp³-hybridized carbons (Fsp3) is 0.364. The number of nitro groups is 1. The molecule has 1 amide bonds. The number of nitro benzene ring substituents is 1. The third kappa shape index (κ3) is 2.20. The molecule has 1 aromatic carbocycles. The molecule has 6 heteroatoms. The number of anilines is 1. The van der Waals surface area contributed by atoms with Crippen molar-refractivity contribution in [2.45, 2.75) is 25.4 Å². The van der Waals surface area contributed by atoms with Crippen LogP contribution in [-0.4, -0.2) is 17.4 Å². The van der Waals surface area contributed by atoms with E-state index in [1.54, 1.807) is 6.07 Å². The SMILES string of the molecule is CC1CC(NC=O)c2cc([N+](=O)[O-])ccc2N1. The van der Waals surface area contributed by atoms with Crippen LogP contribution in [0.4, 0.5) is 11.4 Å².